The molecule has 0 bridgehead atoms. The van der Waals surface area contributed by atoms with Crippen molar-refractivity contribution < 1.29 is 14.7 Å². The number of carbonyl (C=O) groups is 2. The second-order valence-corrected chi connectivity index (χ2v) is 5.05. The third-order valence-electron chi connectivity index (χ3n) is 3.23. The van der Waals surface area contributed by atoms with E-state index in [2.05, 4.69) is 10.4 Å². The fourth-order valence-electron chi connectivity index (χ4n) is 2.15. The zero-order valence-corrected chi connectivity index (χ0v) is 12.4. The summed E-state index contributed by atoms with van der Waals surface area (Å²) < 4.78 is 1.68. The molecule has 6 heteroatoms. The average Bonchev–Trinajstić information content (AvgIpc) is 2.96. The summed E-state index contributed by atoms with van der Waals surface area (Å²) >= 11 is 0. The molecule has 0 saturated carbocycles. The fourth-order valence-corrected chi connectivity index (χ4v) is 2.15. The van der Waals surface area contributed by atoms with E-state index in [0.29, 0.717) is 12.8 Å². The molecule has 1 aromatic carbocycles. The zero-order valence-electron chi connectivity index (χ0n) is 12.4. The average molecular weight is 301 g/mol. The number of nitrogens with one attached hydrogen (secondary N) is 1. The summed E-state index contributed by atoms with van der Waals surface area (Å²) in [6, 6.07) is 8.73. The van der Waals surface area contributed by atoms with Gasteiger partial charge in [-0.25, -0.2) is 9.48 Å². The number of hydrogen-bond donors (Lipinski definition) is 2. The summed E-state index contributed by atoms with van der Waals surface area (Å²) in [6.07, 6.45) is 4.61. The van der Waals surface area contributed by atoms with E-state index in [4.69, 9.17) is 5.11 Å². The number of carboxylic acids is 1. The van der Waals surface area contributed by atoms with Crippen LogP contribution in [-0.2, 0) is 16.0 Å². The van der Waals surface area contributed by atoms with Gasteiger partial charge in [0.25, 0.3) is 0 Å². The third kappa shape index (κ3) is 4.18. The van der Waals surface area contributed by atoms with E-state index in [9.17, 15) is 9.59 Å². The van der Waals surface area contributed by atoms with Crippen LogP contribution in [-0.4, -0.2) is 32.8 Å². The summed E-state index contributed by atoms with van der Waals surface area (Å²) in [5.41, 5.74) is 1.64. The van der Waals surface area contributed by atoms with Crippen molar-refractivity contribution in [3.05, 3.63) is 48.3 Å². The molecule has 0 aliphatic rings. The molecule has 0 fully saturated rings. The number of hydrogen-bond acceptors (Lipinski definition) is 3. The van der Waals surface area contributed by atoms with E-state index in [1.54, 1.807) is 17.1 Å². The number of benzene rings is 1. The first kappa shape index (κ1) is 15.8. The van der Waals surface area contributed by atoms with Crippen LogP contribution in [0.5, 0.6) is 0 Å². The van der Waals surface area contributed by atoms with Crippen LogP contribution in [0.2, 0.25) is 0 Å². The van der Waals surface area contributed by atoms with Crippen molar-refractivity contribution in [2.75, 3.05) is 0 Å². The predicted octanol–water partition coefficient (Wildman–Crippen LogP) is 1.78. The molecule has 1 unspecified atom stereocenters. The zero-order chi connectivity index (χ0) is 15.9. The fraction of sp³-hybridized carbons (Fsp3) is 0.312. The molecule has 0 saturated heterocycles. The molecular weight excluding hydrogens is 282 g/mol. The van der Waals surface area contributed by atoms with Crippen LogP contribution in [0.3, 0.4) is 0 Å². The smallest absolute Gasteiger partial charge is 0.326 e. The third-order valence-corrected chi connectivity index (χ3v) is 3.23. The van der Waals surface area contributed by atoms with Gasteiger partial charge in [-0.3, -0.25) is 4.79 Å². The molecule has 2 rings (SSSR count). The maximum absolute atomic E-state index is 11.9. The second kappa shape index (κ2) is 7.40. The van der Waals surface area contributed by atoms with Crippen molar-refractivity contribution in [3.8, 4) is 5.69 Å². The molecule has 1 aromatic heterocycles. The van der Waals surface area contributed by atoms with Crippen molar-refractivity contribution in [3.63, 3.8) is 0 Å². The molecular formula is C16H19N3O3. The predicted molar refractivity (Wildman–Crippen MR) is 81.7 cm³/mol. The Morgan fingerprint density at radius 2 is 2.05 bits per heavy atom. The minimum Gasteiger partial charge on any atom is -0.480 e. The van der Waals surface area contributed by atoms with Gasteiger partial charge in [0, 0.05) is 6.20 Å². The summed E-state index contributed by atoms with van der Waals surface area (Å²) in [5.74, 6) is -1.32. The molecule has 1 heterocycles. The number of amides is 1. The first-order chi connectivity index (χ1) is 10.6. The van der Waals surface area contributed by atoms with E-state index in [0.717, 1.165) is 11.3 Å². The highest BCUT2D eigenvalue weighted by Crippen LogP contribution is 2.08. The molecule has 0 spiro atoms. The van der Waals surface area contributed by atoms with E-state index in [-0.39, 0.29) is 12.3 Å². The maximum atomic E-state index is 11.9. The molecule has 2 aromatic rings. The number of rotatable bonds is 7. The largest absolute Gasteiger partial charge is 0.480 e. The van der Waals surface area contributed by atoms with Gasteiger partial charge in [0.15, 0.2) is 0 Å². The van der Waals surface area contributed by atoms with Crippen LogP contribution in [0.15, 0.2) is 42.7 Å². The Bertz CT molecular complexity index is 637. The van der Waals surface area contributed by atoms with Crippen LogP contribution in [0.4, 0.5) is 0 Å². The van der Waals surface area contributed by atoms with Crippen molar-refractivity contribution in [1.29, 1.82) is 0 Å². The molecule has 116 valence electrons. The SMILES string of the molecule is CCCC(NC(=O)Cc1cnn(-c2ccccc2)c1)C(=O)O. The lowest BCUT2D eigenvalue weighted by atomic mass is 10.1. The summed E-state index contributed by atoms with van der Waals surface area (Å²) in [4.78, 5) is 23.0. The van der Waals surface area contributed by atoms with Crippen LogP contribution in [0.1, 0.15) is 25.3 Å². The lowest BCUT2D eigenvalue weighted by Crippen LogP contribution is -2.41. The molecule has 1 amide bonds. The normalized spacial score (nSPS) is 11.9. The van der Waals surface area contributed by atoms with Gasteiger partial charge in [0.05, 0.1) is 18.3 Å². The molecule has 0 aliphatic carbocycles. The second-order valence-electron chi connectivity index (χ2n) is 5.05. The van der Waals surface area contributed by atoms with Crippen LogP contribution < -0.4 is 5.32 Å². The van der Waals surface area contributed by atoms with Crippen molar-refractivity contribution in [1.82, 2.24) is 15.1 Å². The van der Waals surface area contributed by atoms with E-state index >= 15 is 0 Å². The molecule has 2 N–H and O–H groups in total. The van der Waals surface area contributed by atoms with Crippen LogP contribution in [0, 0.1) is 0 Å². The number of carbonyl (C=O) groups excluding carboxylic acids is 1. The molecule has 1 atom stereocenters. The van der Waals surface area contributed by atoms with Crippen LogP contribution >= 0.6 is 0 Å². The van der Waals surface area contributed by atoms with Gasteiger partial charge in [-0.15, -0.1) is 0 Å². The minimum absolute atomic E-state index is 0.111. The number of para-hydroxylation sites is 1. The Morgan fingerprint density at radius 3 is 2.68 bits per heavy atom. The van der Waals surface area contributed by atoms with E-state index < -0.39 is 12.0 Å². The van der Waals surface area contributed by atoms with Gasteiger partial charge in [-0.1, -0.05) is 31.5 Å². The lowest BCUT2D eigenvalue weighted by Gasteiger charge is -2.12. The van der Waals surface area contributed by atoms with Gasteiger partial charge >= 0.3 is 5.97 Å². The Labute approximate surface area is 128 Å². The Hall–Kier alpha value is -2.63. The Balaban J connectivity index is 1.98. The number of aliphatic carboxylic acids is 1. The lowest BCUT2D eigenvalue weighted by molar-refractivity contribution is -0.141. The Morgan fingerprint density at radius 1 is 1.32 bits per heavy atom. The highest BCUT2D eigenvalue weighted by Gasteiger charge is 2.19. The van der Waals surface area contributed by atoms with Crippen molar-refractivity contribution in [2.45, 2.75) is 32.2 Å². The monoisotopic (exact) mass is 301 g/mol. The van der Waals surface area contributed by atoms with Crippen molar-refractivity contribution in [2.24, 2.45) is 0 Å². The summed E-state index contributed by atoms with van der Waals surface area (Å²) in [5, 5.41) is 15.8. The molecule has 0 radical (unpaired) electrons. The van der Waals surface area contributed by atoms with Gasteiger partial charge in [0.2, 0.25) is 5.91 Å². The maximum Gasteiger partial charge on any atom is 0.326 e. The van der Waals surface area contributed by atoms with Crippen LogP contribution in [0.25, 0.3) is 5.69 Å². The summed E-state index contributed by atoms with van der Waals surface area (Å²) in [6.45, 7) is 1.88. The number of nitrogens with zero attached hydrogens (tertiary/aromatic N) is 2. The van der Waals surface area contributed by atoms with Crippen molar-refractivity contribution >= 4 is 11.9 Å². The number of aromatic nitrogens is 2. The van der Waals surface area contributed by atoms with Gasteiger partial charge < -0.3 is 10.4 Å². The quantitative estimate of drug-likeness (QED) is 0.816. The molecule has 6 nitrogen and oxygen atoms in total. The van der Waals surface area contributed by atoms with Gasteiger partial charge in [-0.05, 0) is 24.1 Å². The molecule has 22 heavy (non-hydrogen) atoms. The minimum atomic E-state index is -1.00. The summed E-state index contributed by atoms with van der Waals surface area (Å²) in [7, 11) is 0. The van der Waals surface area contributed by atoms with Gasteiger partial charge in [0.1, 0.15) is 6.04 Å². The highest BCUT2D eigenvalue weighted by molar-refractivity contribution is 5.84. The topological polar surface area (TPSA) is 84.2 Å². The van der Waals surface area contributed by atoms with E-state index in [1.807, 2.05) is 37.3 Å². The van der Waals surface area contributed by atoms with Gasteiger partial charge in [-0.2, -0.15) is 5.10 Å². The first-order valence-corrected chi connectivity index (χ1v) is 7.21. The standard InChI is InChI=1S/C16H19N3O3/c1-2-6-14(16(21)22)18-15(20)9-12-10-17-19(11-12)13-7-4-3-5-8-13/h3-5,7-8,10-11,14H,2,6,9H2,1H3,(H,18,20)(H,21,22). The Kier molecular flexibility index (Phi) is 5.30. The molecule has 0 aliphatic heterocycles. The first-order valence-electron chi connectivity index (χ1n) is 7.21. The number of carboxylic acid groups (broad SMARTS) is 1. The van der Waals surface area contributed by atoms with E-state index in [1.165, 1.54) is 0 Å². The highest BCUT2D eigenvalue weighted by atomic mass is 16.4.